The third-order valence-electron chi connectivity index (χ3n) is 13.8. The number of rotatable bonds is 1. The molecule has 0 aromatic carbocycles. The summed E-state index contributed by atoms with van der Waals surface area (Å²) in [5.41, 5.74) is 1.78. The molecule has 0 aliphatic heterocycles. The van der Waals surface area contributed by atoms with Crippen LogP contribution in [0, 0.1) is 56.2 Å². The lowest BCUT2D eigenvalue weighted by molar-refractivity contribution is -0.263. The number of Topliss-reactive ketones (excluding diaryl/α,β-unsaturated/α-hetero) is 1. The van der Waals surface area contributed by atoms with Crippen molar-refractivity contribution in [3.63, 3.8) is 0 Å². The smallest absolute Gasteiger partial charge is 0.136 e. The third kappa shape index (κ3) is 2.71. The standard InChI is InChI=1S/C30H50O2/c1-20-21(32)8-9-22-26(20,4)11-10-23-27(22,5)13-14-29(7)24-18-25(2,3)12-16-30(24,19-31)17-15-28(23,29)6/h20,22-24,31H,8-19H2,1-7H3/t20-,22+,23-,24-,26+,27-,28+,29-,30+/m0/s1. The van der Waals surface area contributed by atoms with Gasteiger partial charge in [-0.15, -0.1) is 0 Å². The first-order valence-corrected chi connectivity index (χ1v) is 13.9. The van der Waals surface area contributed by atoms with Crippen LogP contribution in [-0.4, -0.2) is 17.5 Å². The molecular weight excluding hydrogens is 392 g/mol. The van der Waals surface area contributed by atoms with E-state index in [2.05, 4.69) is 48.5 Å². The van der Waals surface area contributed by atoms with Crippen molar-refractivity contribution in [1.82, 2.24) is 0 Å². The molecule has 0 bridgehead atoms. The van der Waals surface area contributed by atoms with Gasteiger partial charge in [-0.1, -0.05) is 48.5 Å². The molecule has 5 saturated carbocycles. The van der Waals surface area contributed by atoms with Crippen LogP contribution in [0.5, 0.6) is 0 Å². The van der Waals surface area contributed by atoms with Crippen molar-refractivity contribution >= 4 is 5.78 Å². The first-order valence-electron chi connectivity index (χ1n) is 13.9. The summed E-state index contributed by atoms with van der Waals surface area (Å²) in [7, 11) is 0. The van der Waals surface area contributed by atoms with E-state index in [1.165, 1.54) is 57.8 Å². The first kappa shape index (κ1) is 23.4. The zero-order valence-corrected chi connectivity index (χ0v) is 22.2. The van der Waals surface area contributed by atoms with Gasteiger partial charge >= 0.3 is 0 Å². The lowest BCUT2D eigenvalue weighted by Crippen LogP contribution is -2.68. The zero-order chi connectivity index (χ0) is 23.4. The van der Waals surface area contributed by atoms with Crippen LogP contribution in [0.2, 0.25) is 0 Å². The SMILES string of the molecule is C[C@H]1C(=O)CC[C@@H]2[C@]1(C)CC[C@H]1[C@@]2(C)CC[C@@]2(C)[C@@H]3CC(C)(C)CC[C@]3(CO)CC[C@]12C. The molecule has 2 heteroatoms. The number of aliphatic hydroxyl groups excluding tert-OH is 1. The normalized spacial score (nSPS) is 57.1. The second kappa shape index (κ2) is 6.86. The zero-order valence-electron chi connectivity index (χ0n) is 22.2. The Morgan fingerprint density at radius 2 is 1.38 bits per heavy atom. The molecule has 9 atom stereocenters. The summed E-state index contributed by atoms with van der Waals surface area (Å²) in [6.45, 7) is 18.0. The van der Waals surface area contributed by atoms with Crippen LogP contribution in [0.4, 0.5) is 0 Å². The van der Waals surface area contributed by atoms with E-state index in [4.69, 9.17) is 0 Å². The predicted octanol–water partition coefficient (Wildman–Crippen LogP) is 7.43. The maximum Gasteiger partial charge on any atom is 0.136 e. The van der Waals surface area contributed by atoms with Crippen LogP contribution < -0.4 is 0 Å². The first-order chi connectivity index (χ1) is 14.8. The van der Waals surface area contributed by atoms with Crippen molar-refractivity contribution in [2.24, 2.45) is 56.2 Å². The van der Waals surface area contributed by atoms with E-state index in [-0.39, 0.29) is 16.7 Å². The Hall–Kier alpha value is -0.370. The summed E-state index contributed by atoms with van der Waals surface area (Å²) < 4.78 is 0. The maximum absolute atomic E-state index is 12.7. The highest BCUT2D eigenvalue weighted by Crippen LogP contribution is 2.78. The fraction of sp³-hybridized carbons (Fsp3) is 0.967. The van der Waals surface area contributed by atoms with Crippen LogP contribution in [0.1, 0.15) is 119 Å². The molecule has 0 saturated heterocycles. The Labute approximate surface area is 197 Å². The van der Waals surface area contributed by atoms with Crippen molar-refractivity contribution in [2.45, 2.75) is 119 Å². The van der Waals surface area contributed by atoms with E-state index in [1.54, 1.807) is 0 Å². The molecular formula is C30H50O2. The highest BCUT2D eigenvalue weighted by Gasteiger charge is 2.71. The molecule has 0 heterocycles. The molecule has 1 N–H and O–H groups in total. The van der Waals surface area contributed by atoms with Gasteiger partial charge in [0.15, 0.2) is 0 Å². The summed E-state index contributed by atoms with van der Waals surface area (Å²) in [6.07, 6.45) is 13.4. The molecule has 0 spiro atoms. The van der Waals surface area contributed by atoms with Gasteiger partial charge in [-0.2, -0.15) is 0 Å². The molecule has 0 aromatic rings. The molecule has 2 nitrogen and oxygen atoms in total. The number of hydrogen-bond donors (Lipinski definition) is 1. The van der Waals surface area contributed by atoms with Crippen molar-refractivity contribution in [3.8, 4) is 0 Å². The summed E-state index contributed by atoms with van der Waals surface area (Å²) >= 11 is 0. The van der Waals surface area contributed by atoms with E-state index in [9.17, 15) is 9.90 Å². The molecule has 0 unspecified atom stereocenters. The van der Waals surface area contributed by atoms with Gasteiger partial charge in [0.05, 0.1) is 0 Å². The van der Waals surface area contributed by atoms with E-state index in [0.717, 1.165) is 18.8 Å². The number of fused-ring (bicyclic) bond motifs is 7. The Morgan fingerprint density at radius 3 is 2.06 bits per heavy atom. The predicted molar refractivity (Wildman–Crippen MR) is 131 cm³/mol. The molecule has 182 valence electrons. The molecule has 0 radical (unpaired) electrons. The largest absolute Gasteiger partial charge is 0.396 e. The van der Waals surface area contributed by atoms with Crippen molar-refractivity contribution in [3.05, 3.63) is 0 Å². The van der Waals surface area contributed by atoms with Crippen molar-refractivity contribution in [1.29, 1.82) is 0 Å². The minimum Gasteiger partial charge on any atom is -0.396 e. The topological polar surface area (TPSA) is 37.3 Å². The Kier molecular flexibility index (Phi) is 5.01. The number of carbonyl (C=O) groups excluding carboxylic acids is 1. The second-order valence-electron chi connectivity index (χ2n) is 15.2. The number of aliphatic hydroxyl groups is 1. The van der Waals surface area contributed by atoms with Gasteiger partial charge in [0.1, 0.15) is 5.78 Å². The molecule has 0 amide bonds. The van der Waals surface area contributed by atoms with Crippen molar-refractivity contribution in [2.75, 3.05) is 6.61 Å². The van der Waals surface area contributed by atoms with Crippen LogP contribution in [0.15, 0.2) is 0 Å². The number of ketones is 1. The second-order valence-corrected chi connectivity index (χ2v) is 15.2. The highest BCUT2D eigenvalue weighted by molar-refractivity contribution is 5.82. The van der Waals surface area contributed by atoms with Gasteiger partial charge < -0.3 is 5.11 Å². The lowest BCUT2D eigenvalue weighted by atomic mass is 9.30. The van der Waals surface area contributed by atoms with Gasteiger partial charge in [-0.25, -0.2) is 0 Å². The van der Waals surface area contributed by atoms with Gasteiger partial charge in [-0.05, 0) is 114 Å². The Morgan fingerprint density at radius 1 is 0.750 bits per heavy atom. The molecule has 5 fully saturated rings. The quantitative estimate of drug-likeness (QED) is 0.458. The molecule has 5 aliphatic carbocycles. The fourth-order valence-corrected chi connectivity index (χ4v) is 11.3. The fourth-order valence-electron chi connectivity index (χ4n) is 11.3. The minimum absolute atomic E-state index is 0.159. The van der Waals surface area contributed by atoms with Gasteiger partial charge in [-0.3, -0.25) is 4.79 Å². The number of carbonyl (C=O) groups is 1. The maximum atomic E-state index is 12.7. The summed E-state index contributed by atoms with van der Waals surface area (Å²) in [6, 6.07) is 0. The van der Waals surface area contributed by atoms with Crippen molar-refractivity contribution < 1.29 is 9.90 Å². The van der Waals surface area contributed by atoms with Crippen LogP contribution in [0.3, 0.4) is 0 Å². The minimum atomic E-state index is 0.159. The van der Waals surface area contributed by atoms with Crippen LogP contribution in [-0.2, 0) is 4.79 Å². The highest BCUT2D eigenvalue weighted by atomic mass is 16.3. The van der Waals surface area contributed by atoms with E-state index in [0.29, 0.717) is 45.9 Å². The monoisotopic (exact) mass is 442 g/mol. The third-order valence-corrected chi connectivity index (χ3v) is 13.8. The molecule has 5 aliphatic rings. The Balaban J connectivity index is 1.55. The number of hydrogen-bond acceptors (Lipinski definition) is 2. The summed E-state index contributed by atoms with van der Waals surface area (Å²) in [5, 5.41) is 10.7. The Bertz CT molecular complexity index is 801. The van der Waals surface area contributed by atoms with Crippen LogP contribution in [0.25, 0.3) is 0 Å². The van der Waals surface area contributed by atoms with E-state index in [1.807, 2.05) is 0 Å². The summed E-state index contributed by atoms with van der Waals surface area (Å²) in [5.74, 6) is 2.84. The molecule has 32 heavy (non-hydrogen) atoms. The summed E-state index contributed by atoms with van der Waals surface area (Å²) in [4.78, 5) is 12.7. The van der Waals surface area contributed by atoms with Gasteiger partial charge in [0, 0.05) is 18.9 Å². The van der Waals surface area contributed by atoms with Gasteiger partial charge in [0.2, 0.25) is 0 Å². The van der Waals surface area contributed by atoms with E-state index < -0.39 is 0 Å². The van der Waals surface area contributed by atoms with Crippen LogP contribution >= 0.6 is 0 Å². The van der Waals surface area contributed by atoms with E-state index >= 15 is 0 Å². The molecule has 0 aromatic heterocycles. The lowest BCUT2D eigenvalue weighted by Gasteiger charge is -2.75. The average molecular weight is 443 g/mol. The average Bonchev–Trinajstić information content (AvgIpc) is 2.73. The molecule has 5 rings (SSSR count). The van der Waals surface area contributed by atoms with Gasteiger partial charge in [0.25, 0.3) is 0 Å².